The lowest BCUT2D eigenvalue weighted by molar-refractivity contribution is 0.624. The molecule has 4 rings (SSSR count). The minimum absolute atomic E-state index is 0.0213. The van der Waals surface area contributed by atoms with Gasteiger partial charge in [0.05, 0.1) is 11.1 Å². The molecule has 0 spiro atoms. The lowest BCUT2D eigenvalue weighted by Crippen LogP contribution is -2.23. The SMILES string of the molecule is O=c1[nH]cc(-c2cc([C@H]3C[C@@H]3C#Cc3ccccc3F)c(Cl)nn2)c(=O)[nH]1. The number of H-pyrrole nitrogens is 2. The van der Waals surface area contributed by atoms with E-state index in [0.29, 0.717) is 11.3 Å². The Morgan fingerprint density at radius 2 is 2.04 bits per heavy atom. The van der Waals surface area contributed by atoms with E-state index in [0.717, 1.165) is 12.0 Å². The molecule has 0 bridgehead atoms. The fourth-order valence-electron chi connectivity index (χ4n) is 2.81. The molecule has 1 saturated carbocycles. The average molecular weight is 383 g/mol. The summed E-state index contributed by atoms with van der Waals surface area (Å²) in [5.74, 6) is 5.61. The van der Waals surface area contributed by atoms with Crippen LogP contribution in [0.25, 0.3) is 11.3 Å². The quantitative estimate of drug-likeness (QED) is 0.666. The fraction of sp³-hybridized carbons (Fsp3) is 0.158. The maximum Gasteiger partial charge on any atom is 0.325 e. The van der Waals surface area contributed by atoms with Crippen LogP contribution in [-0.2, 0) is 0 Å². The van der Waals surface area contributed by atoms with Crippen molar-refractivity contribution in [1.29, 1.82) is 0 Å². The van der Waals surface area contributed by atoms with E-state index >= 15 is 0 Å². The molecule has 0 aliphatic heterocycles. The van der Waals surface area contributed by atoms with Crippen LogP contribution in [0.5, 0.6) is 0 Å². The summed E-state index contributed by atoms with van der Waals surface area (Å²) in [7, 11) is 0. The molecule has 6 nitrogen and oxygen atoms in total. The zero-order chi connectivity index (χ0) is 19.0. The van der Waals surface area contributed by atoms with Crippen LogP contribution in [0.15, 0.2) is 46.1 Å². The Morgan fingerprint density at radius 1 is 1.22 bits per heavy atom. The van der Waals surface area contributed by atoms with E-state index < -0.39 is 11.2 Å². The molecule has 1 aliphatic carbocycles. The second-order valence-electron chi connectivity index (χ2n) is 6.16. The number of hydrogen-bond donors (Lipinski definition) is 2. The molecule has 0 radical (unpaired) electrons. The fourth-order valence-corrected chi connectivity index (χ4v) is 3.05. The first-order chi connectivity index (χ1) is 13.0. The zero-order valence-corrected chi connectivity index (χ0v) is 14.5. The second-order valence-corrected chi connectivity index (χ2v) is 6.52. The van der Waals surface area contributed by atoms with E-state index in [1.807, 2.05) is 0 Å². The van der Waals surface area contributed by atoms with Crippen LogP contribution in [0.1, 0.15) is 23.5 Å². The van der Waals surface area contributed by atoms with E-state index in [9.17, 15) is 14.0 Å². The van der Waals surface area contributed by atoms with E-state index in [2.05, 4.69) is 32.0 Å². The molecule has 0 unspecified atom stereocenters. The standard InChI is InChI=1S/C19H12ClFN4O2/c20-17-13(8-16(24-25-17)14-9-22-19(27)23-18(14)26)12-7-11(12)6-5-10-3-1-2-4-15(10)21/h1-4,8-9,11-12H,7H2,(H2,22,23,26,27)/t11-,12-/m0/s1. The maximum absolute atomic E-state index is 13.7. The number of benzene rings is 1. The molecule has 2 N–H and O–H groups in total. The smallest absolute Gasteiger partial charge is 0.313 e. The first-order valence-corrected chi connectivity index (χ1v) is 8.52. The van der Waals surface area contributed by atoms with Crippen molar-refractivity contribution < 1.29 is 4.39 Å². The number of aromatic amines is 2. The monoisotopic (exact) mass is 382 g/mol. The van der Waals surface area contributed by atoms with E-state index in [4.69, 9.17) is 11.6 Å². The lowest BCUT2D eigenvalue weighted by atomic mass is 10.1. The van der Waals surface area contributed by atoms with Gasteiger partial charge in [0.2, 0.25) is 0 Å². The summed E-state index contributed by atoms with van der Waals surface area (Å²) in [6.07, 6.45) is 2.04. The lowest BCUT2D eigenvalue weighted by Gasteiger charge is -2.04. The third-order valence-electron chi connectivity index (χ3n) is 4.33. The number of nitrogens with one attached hydrogen (secondary N) is 2. The molecule has 2 aromatic heterocycles. The normalized spacial score (nSPS) is 17.9. The molecule has 1 fully saturated rings. The first kappa shape index (κ1) is 17.2. The first-order valence-electron chi connectivity index (χ1n) is 8.14. The Bertz CT molecular complexity index is 1210. The van der Waals surface area contributed by atoms with Gasteiger partial charge in [0.1, 0.15) is 11.5 Å². The van der Waals surface area contributed by atoms with Crippen molar-refractivity contribution in [2.24, 2.45) is 5.92 Å². The topological polar surface area (TPSA) is 91.5 Å². The number of halogens is 2. The molecule has 27 heavy (non-hydrogen) atoms. The van der Waals surface area contributed by atoms with Gasteiger partial charge in [-0.3, -0.25) is 9.78 Å². The minimum atomic E-state index is -0.600. The van der Waals surface area contributed by atoms with Crippen molar-refractivity contribution in [2.75, 3.05) is 0 Å². The van der Waals surface area contributed by atoms with Crippen LogP contribution < -0.4 is 11.2 Å². The highest BCUT2D eigenvalue weighted by atomic mass is 35.5. The van der Waals surface area contributed by atoms with Crippen molar-refractivity contribution in [3.8, 4) is 23.1 Å². The molecule has 0 saturated heterocycles. The molecule has 8 heteroatoms. The van der Waals surface area contributed by atoms with Gasteiger partial charge >= 0.3 is 5.69 Å². The third kappa shape index (κ3) is 3.52. The van der Waals surface area contributed by atoms with Crippen molar-refractivity contribution in [3.63, 3.8) is 0 Å². The summed E-state index contributed by atoms with van der Waals surface area (Å²) in [4.78, 5) is 27.6. The molecular weight excluding hydrogens is 371 g/mol. The van der Waals surface area contributed by atoms with Gasteiger partial charge in [-0.25, -0.2) is 9.18 Å². The summed E-state index contributed by atoms with van der Waals surface area (Å²) in [6.45, 7) is 0. The summed E-state index contributed by atoms with van der Waals surface area (Å²) < 4.78 is 13.7. The van der Waals surface area contributed by atoms with Crippen LogP contribution in [-0.4, -0.2) is 20.2 Å². The zero-order valence-electron chi connectivity index (χ0n) is 13.8. The van der Waals surface area contributed by atoms with Gasteiger partial charge in [0, 0.05) is 18.0 Å². The molecule has 134 valence electrons. The molecule has 3 aromatic rings. The summed E-state index contributed by atoms with van der Waals surface area (Å²) >= 11 is 6.17. The molecule has 0 amide bonds. The Labute approximate surface area is 157 Å². The summed E-state index contributed by atoms with van der Waals surface area (Å²) in [5, 5.41) is 8.08. The van der Waals surface area contributed by atoms with Crippen LogP contribution in [0, 0.1) is 23.6 Å². The van der Waals surface area contributed by atoms with Gasteiger partial charge < -0.3 is 4.98 Å². The van der Waals surface area contributed by atoms with Crippen LogP contribution in [0.4, 0.5) is 4.39 Å². The van der Waals surface area contributed by atoms with Crippen molar-refractivity contribution >= 4 is 11.6 Å². The van der Waals surface area contributed by atoms with Crippen LogP contribution in [0.3, 0.4) is 0 Å². The maximum atomic E-state index is 13.7. The largest absolute Gasteiger partial charge is 0.325 e. The van der Waals surface area contributed by atoms with Gasteiger partial charge in [-0.05, 0) is 30.2 Å². The highest BCUT2D eigenvalue weighted by molar-refractivity contribution is 6.30. The molecule has 1 aromatic carbocycles. The van der Waals surface area contributed by atoms with Gasteiger partial charge in [-0.2, -0.15) is 0 Å². The number of rotatable bonds is 2. The van der Waals surface area contributed by atoms with Gasteiger partial charge in [-0.15, -0.1) is 10.2 Å². The van der Waals surface area contributed by atoms with Gasteiger partial charge in [-0.1, -0.05) is 35.6 Å². The Hall–Kier alpha value is -3.24. The number of aromatic nitrogens is 4. The Balaban J connectivity index is 1.62. The highest BCUT2D eigenvalue weighted by Gasteiger charge is 2.39. The minimum Gasteiger partial charge on any atom is -0.313 e. The van der Waals surface area contributed by atoms with E-state index in [1.54, 1.807) is 24.3 Å². The van der Waals surface area contributed by atoms with Gasteiger partial charge in [0.15, 0.2) is 5.15 Å². The molecular formula is C19H12ClFN4O2. The average Bonchev–Trinajstić information content (AvgIpc) is 3.41. The molecule has 2 atom stereocenters. The summed E-state index contributed by atoms with van der Waals surface area (Å²) in [5.41, 5.74) is 0.404. The molecule has 1 aliphatic rings. The van der Waals surface area contributed by atoms with E-state index in [-0.39, 0.29) is 28.4 Å². The van der Waals surface area contributed by atoms with E-state index in [1.165, 1.54) is 12.3 Å². The van der Waals surface area contributed by atoms with Crippen molar-refractivity contribution in [2.45, 2.75) is 12.3 Å². The Morgan fingerprint density at radius 3 is 2.81 bits per heavy atom. The Kier molecular flexibility index (Phi) is 4.34. The van der Waals surface area contributed by atoms with Crippen molar-refractivity contribution in [3.05, 3.63) is 79.5 Å². The predicted molar refractivity (Wildman–Crippen MR) is 97.8 cm³/mol. The van der Waals surface area contributed by atoms with Gasteiger partial charge in [0.25, 0.3) is 5.56 Å². The predicted octanol–water partition coefficient (Wildman–Crippen LogP) is 2.47. The second kappa shape index (κ2) is 6.82. The van der Waals surface area contributed by atoms with Crippen LogP contribution in [0.2, 0.25) is 5.15 Å². The summed E-state index contributed by atoms with van der Waals surface area (Å²) in [6, 6.07) is 8.01. The molecule has 2 heterocycles. The highest BCUT2D eigenvalue weighted by Crippen LogP contribution is 2.49. The number of hydrogen-bond acceptors (Lipinski definition) is 4. The third-order valence-corrected chi connectivity index (χ3v) is 4.62. The number of nitrogens with zero attached hydrogens (tertiary/aromatic N) is 2. The van der Waals surface area contributed by atoms with Crippen LogP contribution >= 0.6 is 11.6 Å². The van der Waals surface area contributed by atoms with Crippen molar-refractivity contribution in [1.82, 2.24) is 20.2 Å².